The molecule has 0 radical (unpaired) electrons. The molecule has 0 fully saturated rings. The van der Waals surface area contributed by atoms with E-state index in [1.165, 1.54) is 5.56 Å². The first-order valence-electron chi connectivity index (χ1n) is 6.08. The highest BCUT2D eigenvalue weighted by Crippen LogP contribution is 2.24. The van der Waals surface area contributed by atoms with Crippen molar-refractivity contribution in [3.63, 3.8) is 0 Å². The molecule has 3 nitrogen and oxygen atoms in total. The summed E-state index contributed by atoms with van der Waals surface area (Å²) >= 11 is 5.97. The molecule has 0 saturated carbocycles. The van der Waals surface area contributed by atoms with Gasteiger partial charge in [0.15, 0.2) is 0 Å². The fourth-order valence-electron chi connectivity index (χ4n) is 1.92. The van der Waals surface area contributed by atoms with Crippen molar-refractivity contribution in [2.24, 2.45) is 7.05 Å². The van der Waals surface area contributed by atoms with Gasteiger partial charge in [-0.05, 0) is 17.5 Å². The van der Waals surface area contributed by atoms with E-state index < -0.39 is 0 Å². The van der Waals surface area contributed by atoms with Gasteiger partial charge in [-0.1, -0.05) is 43.6 Å². The highest BCUT2D eigenvalue weighted by molar-refractivity contribution is 6.29. The van der Waals surface area contributed by atoms with Crippen molar-refractivity contribution >= 4 is 17.3 Å². The molecular weight excluding hydrogens is 246 g/mol. The third-order valence-electron chi connectivity index (χ3n) is 3.05. The molecule has 0 aliphatic heterocycles. The van der Waals surface area contributed by atoms with E-state index in [1.807, 2.05) is 17.7 Å². The lowest BCUT2D eigenvalue weighted by Crippen LogP contribution is -2.08. The zero-order chi connectivity index (χ0) is 13.1. The lowest BCUT2D eigenvalue weighted by atomic mass is 10.0. The normalized spacial score (nSPS) is 10.9. The van der Waals surface area contributed by atoms with Crippen LogP contribution in [0.5, 0.6) is 0 Å². The number of anilines is 1. The number of rotatable bonds is 4. The molecule has 4 heteroatoms. The van der Waals surface area contributed by atoms with Crippen LogP contribution >= 0.6 is 11.6 Å². The second-order valence-corrected chi connectivity index (χ2v) is 5.04. The maximum Gasteiger partial charge on any atom is 0.128 e. The first-order chi connectivity index (χ1) is 8.59. The number of aromatic nitrogens is 2. The summed E-state index contributed by atoms with van der Waals surface area (Å²) in [6.45, 7) is 5.06. The van der Waals surface area contributed by atoms with Crippen molar-refractivity contribution in [1.82, 2.24) is 9.55 Å². The minimum atomic E-state index is 0.499. The van der Waals surface area contributed by atoms with Crippen LogP contribution in [-0.2, 0) is 13.6 Å². The summed E-state index contributed by atoms with van der Waals surface area (Å²) in [6, 6.07) is 8.36. The van der Waals surface area contributed by atoms with Crippen LogP contribution in [0.2, 0.25) is 5.15 Å². The highest BCUT2D eigenvalue weighted by atomic mass is 35.5. The Morgan fingerprint density at radius 3 is 2.67 bits per heavy atom. The molecule has 1 N–H and O–H groups in total. The van der Waals surface area contributed by atoms with Gasteiger partial charge in [-0.2, -0.15) is 0 Å². The maximum absolute atomic E-state index is 5.97. The van der Waals surface area contributed by atoms with Crippen LogP contribution in [0.4, 0.5) is 5.69 Å². The number of hydrogen-bond donors (Lipinski definition) is 1. The van der Waals surface area contributed by atoms with Crippen LogP contribution in [0.3, 0.4) is 0 Å². The lowest BCUT2D eigenvalue weighted by Gasteiger charge is -2.14. The Bertz CT molecular complexity index is 532. The Morgan fingerprint density at radius 1 is 1.33 bits per heavy atom. The zero-order valence-corrected chi connectivity index (χ0v) is 11.7. The summed E-state index contributed by atoms with van der Waals surface area (Å²) in [5, 5.41) is 4.08. The van der Waals surface area contributed by atoms with Crippen LogP contribution < -0.4 is 5.32 Å². The van der Waals surface area contributed by atoms with Gasteiger partial charge in [-0.15, -0.1) is 0 Å². The largest absolute Gasteiger partial charge is 0.378 e. The molecule has 1 heterocycles. The van der Waals surface area contributed by atoms with Crippen LogP contribution in [0.15, 0.2) is 30.5 Å². The standard InChI is InChI=1S/C14H18ClN3/c1-10(2)11-6-4-5-7-12(11)16-9-14-17-8-13(15)18(14)3/h4-8,10,16H,9H2,1-3H3. The predicted molar refractivity (Wildman–Crippen MR) is 76.1 cm³/mol. The molecule has 18 heavy (non-hydrogen) atoms. The number of benzene rings is 1. The van der Waals surface area contributed by atoms with Gasteiger partial charge in [0.1, 0.15) is 11.0 Å². The van der Waals surface area contributed by atoms with Crippen LogP contribution in [0.25, 0.3) is 0 Å². The molecule has 0 unspecified atom stereocenters. The van der Waals surface area contributed by atoms with E-state index in [-0.39, 0.29) is 0 Å². The summed E-state index contributed by atoms with van der Waals surface area (Å²) in [7, 11) is 1.92. The molecule has 1 aromatic carbocycles. The van der Waals surface area contributed by atoms with E-state index in [1.54, 1.807) is 6.20 Å². The summed E-state index contributed by atoms with van der Waals surface area (Å²) in [4.78, 5) is 4.27. The van der Waals surface area contributed by atoms with Crippen LogP contribution in [0.1, 0.15) is 31.2 Å². The van der Waals surface area contributed by atoms with Gasteiger partial charge in [-0.3, -0.25) is 0 Å². The predicted octanol–water partition coefficient (Wildman–Crippen LogP) is 3.81. The summed E-state index contributed by atoms with van der Waals surface area (Å²) in [5.41, 5.74) is 2.48. The molecule has 0 spiro atoms. The van der Waals surface area contributed by atoms with Crippen LogP contribution in [-0.4, -0.2) is 9.55 Å². The van der Waals surface area contributed by atoms with E-state index in [0.717, 1.165) is 11.5 Å². The molecule has 0 bridgehead atoms. The fraction of sp³-hybridized carbons (Fsp3) is 0.357. The number of nitrogens with zero attached hydrogens (tertiary/aromatic N) is 2. The molecule has 2 rings (SSSR count). The van der Waals surface area contributed by atoms with E-state index >= 15 is 0 Å². The Labute approximate surface area is 113 Å². The average molecular weight is 264 g/mol. The first-order valence-corrected chi connectivity index (χ1v) is 6.46. The van der Waals surface area contributed by atoms with Crippen molar-refractivity contribution in [3.8, 4) is 0 Å². The minimum Gasteiger partial charge on any atom is -0.378 e. The third-order valence-corrected chi connectivity index (χ3v) is 3.40. The molecular formula is C14H18ClN3. The van der Waals surface area contributed by atoms with Crippen LogP contribution in [0, 0.1) is 0 Å². The molecule has 0 aliphatic rings. The van der Waals surface area contributed by atoms with Gasteiger partial charge < -0.3 is 9.88 Å². The average Bonchev–Trinajstić information content (AvgIpc) is 2.68. The van der Waals surface area contributed by atoms with Crippen molar-refractivity contribution in [3.05, 3.63) is 47.0 Å². The molecule has 0 atom stereocenters. The molecule has 0 amide bonds. The second-order valence-electron chi connectivity index (χ2n) is 4.65. The topological polar surface area (TPSA) is 29.9 Å². The number of nitrogens with one attached hydrogen (secondary N) is 1. The molecule has 0 aliphatic carbocycles. The van der Waals surface area contributed by atoms with Gasteiger partial charge in [0.25, 0.3) is 0 Å². The van der Waals surface area contributed by atoms with Gasteiger partial charge >= 0.3 is 0 Å². The minimum absolute atomic E-state index is 0.499. The Kier molecular flexibility index (Phi) is 3.92. The van der Waals surface area contributed by atoms with Gasteiger partial charge in [0, 0.05) is 12.7 Å². The first kappa shape index (κ1) is 13.0. The second kappa shape index (κ2) is 5.44. The highest BCUT2D eigenvalue weighted by Gasteiger charge is 2.07. The SMILES string of the molecule is CC(C)c1ccccc1NCc1ncc(Cl)n1C. The quantitative estimate of drug-likeness (QED) is 0.909. The lowest BCUT2D eigenvalue weighted by molar-refractivity contribution is 0.808. The maximum atomic E-state index is 5.97. The van der Waals surface area contributed by atoms with Crippen molar-refractivity contribution in [2.45, 2.75) is 26.3 Å². The van der Waals surface area contributed by atoms with Gasteiger partial charge in [0.2, 0.25) is 0 Å². The summed E-state index contributed by atoms with van der Waals surface area (Å²) < 4.78 is 1.88. The van der Waals surface area contributed by atoms with E-state index in [2.05, 4.69) is 42.3 Å². The third kappa shape index (κ3) is 2.67. The molecule has 1 aromatic heterocycles. The van der Waals surface area contributed by atoms with E-state index in [0.29, 0.717) is 17.6 Å². The molecule has 2 aromatic rings. The summed E-state index contributed by atoms with van der Waals surface area (Å²) in [5.74, 6) is 1.43. The molecule has 96 valence electrons. The Hall–Kier alpha value is -1.48. The Morgan fingerprint density at radius 2 is 2.06 bits per heavy atom. The van der Waals surface area contributed by atoms with Crippen molar-refractivity contribution < 1.29 is 0 Å². The fourth-order valence-corrected chi connectivity index (χ4v) is 2.07. The number of imidazole rings is 1. The zero-order valence-electron chi connectivity index (χ0n) is 10.9. The monoisotopic (exact) mass is 263 g/mol. The van der Waals surface area contributed by atoms with Gasteiger partial charge in [-0.25, -0.2) is 4.98 Å². The van der Waals surface area contributed by atoms with Crippen molar-refractivity contribution in [2.75, 3.05) is 5.32 Å². The smallest absolute Gasteiger partial charge is 0.128 e. The Balaban J connectivity index is 2.13. The number of hydrogen-bond acceptors (Lipinski definition) is 2. The summed E-state index contributed by atoms with van der Waals surface area (Å²) in [6.07, 6.45) is 1.67. The molecule has 0 saturated heterocycles. The van der Waals surface area contributed by atoms with E-state index in [4.69, 9.17) is 11.6 Å². The van der Waals surface area contributed by atoms with E-state index in [9.17, 15) is 0 Å². The van der Waals surface area contributed by atoms with Gasteiger partial charge in [0.05, 0.1) is 12.7 Å². The van der Waals surface area contributed by atoms with Crippen molar-refractivity contribution in [1.29, 1.82) is 0 Å². The number of halogens is 1. The number of para-hydroxylation sites is 1.